The van der Waals surface area contributed by atoms with E-state index in [1.165, 1.54) is 18.2 Å². The van der Waals surface area contributed by atoms with Gasteiger partial charge in [0.2, 0.25) is 5.91 Å². The highest BCUT2D eigenvalue weighted by atomic mass is 19.1. The number of carbonyl (C=O) groups is 1. The number of hydrogen-bond acceptors (Lipinski definition) is 2. The fourth-order valence-electron chi connectivity index (χ4n) is 1.14. The van der Waals surface area contributed by atoms with Gasteiger partial charge in [0, 0.05) is 17.3 Å². The molecule has 0 aliphatic rings. The molecule has 0 fully saturated rings. The standard InChI is InChI=1S/C11H15FN2O/c1-3-7(2)11(15)14-10-5-8(12)4-9(13)6-10/h4-7H,3,13H2,1-2H3,(H,14,15). The van der Waals surface area contributed by atoms with Crippen LogP contribution in [0.4, 0.5) is 15.8 Å². The van der Waals surface area contributed by atoms with Crippen molar-refractivity contribution in [2.24, 2.45) is 5.92 Å². The Bertz CT molecular complexity index is 345. The first-order chi connectivity index (χ1) is 7.02. The molecule has 0 aromatic heterocycles. The first-order valence-electron chi connectivity index (χ1n) is 4.90. The minimum Gasteiger partial charge on any atom is -0.399 e. The molecule has 3 nitrogen and oxygen atoms in total. The van der Waals surface area contributed by atoms with Crippen LogP contribution >= 0.6 is 0 Å². The Balaban J connectivity index is 2.76. The second-order valence-corrected chi connectivity index (χ2v) is 3.57. The highest BCUT2D eigenvalue weighted by Crippen LogP contribution is 2.16. The molecule has 0 aliphatic carbocycles. The molecule has 15 heavy (non-hydrogen) atoms. The summed E-state index contributed by atoms with van der Waals surface area (Å²) >= 11 is 0. The number of nitrogens with one attached hydrogen (secondary N) is 1. The van der Waals surface area contributed by atoms with Gasteiger partial charge in [-0.2, -0.15) is 0 Å². The topological polar surface area (TPSA) is 55.1 Å². The number of benzene rings is 1. The Kier molecular flexibility index (Phi) is 3.66. The first kappa shape index (κ1) is 11.5. The molecule has 1 aromatic rings. The van der Waals surface area contributed by atoms with Gasteiger partial charge in [-0.15, -0.1) is 0 Å². The van der Waals surface area contributed by atoms with Gasteiger partial charge in [-0.3, -0.25) is 4.79 Å². The molecule has 1 aromatic carbocycles. The molecule has 0 saturated carbocycles. The molecular formula is C11H15FN2O. The van der Waals surface area contributed by atoms with E-state index in [2.05, 4.69) is 5.32 Å². The van der Waals surface area contributed by atoms with Crippen LogP contribution in [0.25, 0.3) is 0 Å². The van der Waals surface area contributed by atoms with Gasteiger partial charge in [0.1, 0.15) is 5.82 Å². The molecule has 1 rings (SSSR count). The van der Waals surface area contributed by atoms with Crippen molar-refractivity contribution >= 4 is 17.3 Å². The van der Waals surface area contributed by atoms with E-state index < -0.39 is 5.82 Å². The maximum atomic E-state index is 12.9. The molecule has 4 heteroatoms. The first-order valence-corrected chi connectivity index (χ1v) is 4.90. The third-order valence-corrected chi connectivity index (χ3v) is 2.25. The normalized spacial score (nSPS) is 12.2. The van der Waals surface area contributed by atoms with Crippen LogP contribution in [0.2, 0.25) is 0 Å². The number of nitrogens with two attached hydrogens (primary N) is 1. The zero-order valence-electron chi connectivity index (χ0n) is 8.88. The van der Waals surface area contributed by atoms with Crippen molar-refractivity contribution in [3.8, 4) is 0 Å². The second kappa shape index (κ2) is 4.77. The lowest BCUT2D eigenvalue weighted by atomic mass is 10.1. The van der Waals surface area contributed by atoms with E-state index in [-0.39, 0.29) is 11.8 Å². The SMILES string of the molecule is CCC(C)C(=O)Nc1cc(N)cc(F)c1. The smallest absolute Gasteiger partial charge is 0.227 e. The molecule has 1 amide bonds. The van der Waals surface area contributed by atoms with Crippen LogP contribution in [-0.2, 0) is 4.79 Å². The molecule has 0 heterocycles. The van der Waals surface area contributed by atoms with Gasteiger partial charge in [-0.1, -0.05) is 13.8 Å². The molecule has 1 unspecified atom stereocenters. The average molecular weight is 210 g/mol. The van der Waals surface area contributed by atoms with Gasteiger partial charge in [0.25, 0.3) is 0 Å². The summed E-state index contributed by atoms with van der Waals surface area (Å²) < 4.78 is 12.9. The van der Waals surface area contributed by atoms with Crippen LogP contribution in [0.5, 0.6) is 0 Å². The molecule has 0 radical (unpaired) electrons. The van der Waals surface area contributed by atoms with Crippen molar-refractivity contribution < 1.29 is 9.18 Å². The van der Waals surface area contributed by atoms with Gasteiger partial charge in [-0.25, -0.2) is 4.39 Å². The maximum absolute atomic E-state index is 12.9. The minimum absolute atomic E-state index is 0.0884. The van der Waals surface area contributed by atoms with Crippen LogP contribution in [0, 0.1) is 11.7 Å². The van der Waals surface area contributed by atoms with Crippen molar-refractivity contribution in [3.05, 3.63) is 24.0 Å². The van der Waals surface area contributed by atoms with E-state index in [0.29, 0.717) is 11.4 Å². The van der Waals surface area contributed by atoms with E-state index in [9.17, 15) is 9.18 Å². The van der Waals surface area contributed by atoms with Gasteiger partial charge in [0.15, 0.2) is 0 Å². The van der Waals surface area contributed by atoms with Crippen LogP contribution in [0.15, 0.2) is 18.2 Å². The molecule has 1 atom stereocenters. The fourth-order valence-corrected chi connectivity index (χ4v) is 1.14. The molecule has 82 valence electrons. The largest absolute Gasteiger partial charge is 0.399 e. The summed E-state index contributed by atoms with van der Waals surface area (Å²) in [5, 5.41) is 2.62. The van der Waals surface area contributed by atoms with Crippen LogP contribution in [-0.4, -0.2) is 5.91 Å². The summed E-state index contributed by atoms with van der Waals surface area (Å²) in [5.74, 6) is -0.661. The van der Waals surface area contributed by atoms with Crippen molar-refractivity contribution in [2.45, 2.75) is 20.3 Å². The number of halogens is 1. The summed E-state index contributed by atoms with van der Waals surface area (Å²) in [6, 6.07) is 3.99. The monoisotopic (exact) mass is 210 g/mol. The van der Waals surface area contributed by atoms with Gasteiger partial charge >= 0.3 is 0 Å². The number of amides is 1. The number of nitrogen functional groups attached to an aromatic ring is 1. The highest BCUT2D eigenvalue weighted by molar-refractivity contribution is 5.92. The zero-order chi connectivity index (χ0) is 11.4. The molecule has 0 spiro atoms. The molecule has 0 aliphatic heterocycles. The Morgan fingerprint density at radius 2 is 2.20 bits per heavy atom. The lowest BCUT2D eigenvalue weighted by Gasteiger charge is -2.10. The number of rotatable bonds is 3. The molecule has 0 saturated heterocycles. The summed E-state index contributed by atoms with van der Waals surface area (Å²) in [6.07, 6.45) is 0.747. The third-order valence-electron chi connectivity index (χ3n) is 2.25. The summed E-state index contributed by atoms with van der Waals surface area (Å²) in [6.45, 7) is 3.74. The quantitative estimate of drug-likeness (QED) is 0.752. The lowest BCUT2D eigenvalue weighted by Crippen LogP contribution is -2.19. The number of hydrogen-bond donors (Lipinski definition) is 2. The third kappa shape index (κ3) is 3.23. The number of carbonyl (C=O) groups excluding carboxylic acids is 1. The average Bonchev–Trinajstić information content (AvgIpc) is 2.14. The van der Waals surface area contributed by atoms with Crippen LogP contribution in [0.3, 0.4) is 0 Å². The summed E-state index contributed by atoms with van der Waals surface area (Å²) in [5.41, 5.74) is 6.15. The number of anilines is 2. The highest BCUT2D eigenvalue weighted by Gasteiger charge is 2.10. The van der Waals surface area contributed by atoms with Crippen LogP contribution in [0.1, 0.15) is 20.3 Å². The van der Waals surface area contributed by atoms with Crippen molar-refractivity contribution in [3.63, 3.8) is 0 Å². The predicted molar refractivity (Wildman–Crippen MR) is 58.9 cm³/mol. The van der Waals surface area contributed by atoms with E-state index in [1.807, 2.05) is 13.8 Å². The van der Waals surface area contributed by atoms with E-state index in [1.54, 1.807) is 0 Å². The van der Waals surface area contributed by atoms with Gasteiger partial charge in [-0.05, 0) is 24.6 Å². The lowest BCUT2D eigenvalue weighted by molar-refractivity contribution is -0.119. The van der Waals surface area contributed by atoms with Crippen LogP contribution < -0.4 is 11.1 Å². The van der Waals surface area contributed by atoms with Gasteiger partial charge in [0.05, 0.1) is 0 Å². The molecular weight excluding hydrogens is 195 g/mol. The Morgan fingerprint density at radius 3 is 2.73 bits per heavy atom. The Morgan fingerprint density at radius 1 is 1.53 bits per heavy atom. The Labute approximate surface area is 88.5 Å². The summed E-state index contributed by atoms with van der Waals surface area (Å²) in [4.78, 5) is 11.5. The van der Waals surface area contributed by atoms with Crippen molar-refractivity contribution in [1.29, 1.82) is 0 Å². The van der Waals surface area contributed by atoms with E-state index >= 15 is 0 Å². The van der Waals surface area contributed by atoms with E-state index in [4.69, 9.17) is 5.73 Å². The molecule has 3 N–H and O–H groups in total. The second-order valence-electron chi connectivity index (χ2n) is 3.57. The zero-order valence-corrected chi connectivity index (χ0v) is 8.88. The minimum atomic E-state index is -0.450. The van der Waals surface area contributed by atoms with E-state index in [0.717, 1.165) is 6.42 Å². The molecule has 0 bridgehead atoms. The Hall–Kier alpha value is -1.58. The van der Waals surface area contributed by atoms with Crippen molar-refractivity contribution in [1.82, 2.24) is 0 Å². The summed E-state index contributed by atoms with van der Waals surface area (Å²) in [7, 11) is 0. The predicted octanol–water partition coefficient (Wildman–Crippen LogP) is 2.39. The van der Waals surface area contributed by atoms with Gasteiger partial charge < -0.3 is 11.1 Å². The maximum Gasteiger partial charge on any atom is 0.227 e. The fraction of sp³-hybridized carbons (Fsp3) is 0.364. The van der Waals surface area contributed by atoms with Crippen molar-refractivity contribution in [2.75, 3.05) is 11.1 Å².